The fraction of sp³-hybridized carbons (Fsp3) is 0.150. The lowest BCUT2D eigenvalue weighted by Crippen LogP contribution is -2.13. The number of amides is 1. The van der Waals surface area contributed by atoms with Gasteiger partial charge in [-0.1, -0.05) is 36.4 Å². The summed E-state index contributed by atoms with van der Waals surface area (Å²) in [6, 6.07) is 20.0. The molecule has 3 aromatic carbocycles. The molecule has 0 unspecified atom stereocenters. The average Bonchev–Trinajstić information content (AvgIpc) is 2.66. The highest BCUT2D eigenvalue weighted by atomic mass is 16.6. The van der Waals surface area contributed by atoms with E-state index in [0.29, 0.717) is 19.4 Å². The van der Waals surface area contributed by atoms with Gasteiger partial charge in [0.1, 0.15) is 0 Å². The minimum absolute atomic E-state index is 0.0353. The monoisotopic (exact) mass is 349 g/mol. The lowest BCUT2D eigenvalue weighted by Gasteiger charge is -2.09. The van der Waals surface area contributed by atoms with Gasteiger partial charge in [0.15, 0.2) is 0 Å². The fourth-order valence-corrected chi connectivity index (χ4v) is 2.73. The van der Waals surface area contributed by atoms with Crippen LogP contribution in [0.15, 0.2) is 66.7 Å². The van der Waals surface area contributed by atoms with Crippen LogP contribution in [0.3, 0.4) is 0 Å². The molecule has 0 fully saturated rings. The number of carbonyl (C=O) groups excluding carboxylic acids is 1. The van der Waals surface area contributed by atoms with Gasteiger partial charge in [-0.25, -0.2) is 0 Å². The van der Waals surface area contributed by atoms with E-state index in [-0.39, 0.29) is 11.6 Å². The Balaban J connectivity index is 1.47. The normalized spacial score (nSPS) is 10.5. The van der Waals surface area contributed by atoms with Crippen molar-refractivity contribution in [3.63, 3.8) is 0 Å². The standard InChI is InChI=1S/C20H19N3O3/c24-20(22-19-8-3-6-15-5-1-2-7-18(15)19)9-4-14-21-16-10-12-17(13-11-16)23(25)26/h1-3,5-8,10-13,21H,4,9,14H2,(H,22,24). The second kappa shape index (κ2) is 8.11. The summed E-state index contributed by atoms with van der Waals surface area (Å²) >= 11 is 0. The first kappa shape index (κ1) is 17.4. The Morgan fingerprint density at radius 3 is 2.46 bits per heavy atom. The molecule has 6 nitrogen and oxygen atoms in total. The Kier molecular flexibility index (Phi) is 5.43. The largest absolute Gasteiger partial charge is 0.385 e. The molecule has 0 aliphatic rings. The number of nitrogens with zero attached hydrogens (tertiary/aromatic N) is 1. The summed E-state index contributed by atoms with van der Waals surface area (Å²) in [5.41, 5.74) is 1.67. The van der Waals surface area contributed by atoms with Gasteiger partial charge in [0.05, 0.1) is 4.92 Å². The SMILES string of the molecule is O=C(CCCNc1ccc([N+](=O)[O-])cc1)Nc1cccc2ccccc12. The van der Waals surface area contributed by atoms with Crippen molar-refractivity contribution in [2.45, 2.75) is 12.8 Å². The molecule has 1 amide bonds. The predicted molar refractivity (Wildman–Crippen MR) is 103 cm³/mol. The first-order chi connectivity index (χ1) is 12.6. The summed E-state index contributed by atoms with van der Waals surface area (Å²) in [4.78, 5) is 22.4. The van der Waals surface area contributed by atoms with Crippen molar-refractivity contribution in [3.05, 3.63) is 76.8 Å². The molecule has 0 bridgehead atoms. The highest BCUT2D eigenvalue weighted by Crippen LogP contribution is 2.23. The van der Waals surface area contributed by atoms with E-state index in [2.05, 4.69) is 10.6 Å². The Morgan fingerprint density at radius 1 is 0.962 bits per heavy atom. The number of non-ortho nitro benzene ring substituents is 1. The molecule has 132 valence electrons. The molecule has 26 heavy (non-hydrogen) atoms. The number of benzene rings is 3. The van der Waals surface area contributed by atoms with Crippen molar-refractivity contribution < 1.29 is 9.72 Å². The summed E-state index contributed by atoms with van der Waals surface area (Å²) in [7, 11) is 0. The second-order valence-electron chi connectivity index (χ2n) is 5.91. The molecule has 0 saturated heterocycles. The lowest BCUT2D eigenvalue weighted by atomic mass is 10.1. The number of nitro groups is 1. The molecule has 0 saturated carbocycles. The molecule has 0 aliphatic heterocycles. The van der Waals surface area contributed by atoms with Crippen molar-refractivity contribution in [3.8, 4) is 0 Å². The third-order valence-electron chi connectivity index (χ3n) is 4.05. The maximum absolute atomic E-state index is 12.2. The molecule has 0 radical (unpaired) electrons. The number of hydrogen-bond acceptors (Lipinski definition) is 4. The molecule has 0 atom stereocenters. The maximum Gasteiger partial charge on any atom is 0.269 e. The van der Waals surface area contributed by atoms with Gasteiger partial charge in [-0.2, -0.15) is 0 Å². The summed E-state index contributed by atoms with van der Waals surface area (Å²) in [5, 5.41) is 18.8. The zero-order valence-electron chi connectivity index (χ0n) is 14.1. The maximum atomic E-state index is 12.2. The molecule has 0 heterocycles. The van der Waals surface area contributed by atoms with E-state index < -0.39 is 4.92 Å². The van der Waals surface area contributed by atoms with E-state index in [9.17, 15) is 14.9 Å². The smallest absolute Gasteiger partial charge is 0.269 e. The third kappa shape index (κ3) is 4.36. The highest BCUT2D eigenvalue weighted by molar-refractivity contribution is 6.02. The first-order valence-electron chi connectivity index (χ1n) is 8.39. The number of fused-ring (bicyclic) bond motifs is 1. The third-order valence-corrected chi connectivity index (χ3v) is 4.05. The van der Waals surface area contributed by atoms with Crippen LogP contribution in [0.2, 0.25) is 0 Å². The second-order valence-corrected chi connectivity index (χ2v) is 5.91. The molecular formula is C20H19N3O3. The topological polar surface area (TPSA) is 84.3 Å². The van der Waals surface area contributed by atoms with E-state index >= 15 is 0 Å². The number of carbonyl (C=O) groups is 1. The van der Waals surface area contributed by atoms with E-state index in [1.165, 1.54) is 12.1 Å². The van der Waals surface area contributed by atoms with Crippen LogP contribution in [0.1, 0.15) is 12.8 Å². The van der Waals surface area contributed by atoms with Crippen LogP contribution in [-0.4, -0.2) is 17.4 Å². The predicted octanol–water partition coefficient (Wildman–Crippen LogP) is 4.58. The van der Waals surface area contributed by atoms with Crippen LogP contribution in [0, 0.1) is 10.1 Å². The zero-order chi connectivity index (χ0) is 18.4. The summed E-state index contributed by atoms with van der Waals surface area (Å²) in [6.07, 6.45) is 1.05. The van der Waals surface area contributed by atoms with Crippen LogP contribution in [0.5, 0.6) is 0 Å². The lowest BCUT2D eigenvalue weighted by molar-refractivity contribution is -0.384. The summed E-state index contributed by atoms with van der Waals surface area (Å²) in [5.74, 6) is -0.0353. The van der Waals surface area contributed by atoms with E-state index in [0.717, 1.165) is 22.1 Å². The van der Waals surface area contributed by atoms with Crippen LogP contribution in [0.4, 0.5) is 17.1 Å². The molecule has 3 aromatic rings. The van der Waals surface area contributed by atoms with Crippen LogP contribution >= 0.6 is 0 Å². The van der Waals surface area contributed by atoms with E-state index in [1.807, 2.05) is 42.5 Å². The summed E-state index contributed by atoms with van der Waals surface area (Å²) in [6.45, 7) is 0.612. The number of rotatable bonds is 7. The first-order valence-corrected chi connectivity index (χ1v) is 8.39. The van der Waals surface area contributed by atoms with Gasteiger partial charge in [0.2, 0.25) is 5.91 Å². The quantitative estimate of drug-likeness (QED) is 0.371. The van der Waals surface area contributed by atoms with Crippen molar-refractivity contribution in [1.29, 1.82) is 0 Å². The van der Waals surface area contributed by atoms with Gasteiger partial charge < -0.3 is 10.6 Å². The molecular weight excluding hydrogens is 330 g/mol. The number of hydrogen-bond donors (Lipinski definition) is 2. The van der Waals surface area contributed by atoms with Crippen molar-refractivity contribution in [2.75, 3.05) is 17.2 Å². The molecule has 2 N–H and O–H groups in total. The fourth-order valence-electron chi connectivity index (χ4n) is 2.73. The Morgan fingerprint density at radius 2 is 1.69 bits per heavy atom. The van der Waals surface area contributed by atoms with E-state index in [4.69, 9.17) is 0 Å². The van der Waals surface area contributed by atoms with Gasteiger partial charge in [0, 0.05) is 41.9 Å². The number of nitrogens with one attached hydrogen (secondary N) is 2. The van der Waals surface area contributed by atoms with Crippen molar-refractivity contribution >= 4 is 33.7 Å². The molecule has 0 aliphatic carbocycles. The number of nitro benzene ring substituents is 1. The van der Waals surface area contributed by atoms with Gasteiger partial charge in [-0.05, 0) is 30.0 Å². The van der Waals surface area contributed by atoms with Crippen LogP contribution < -0.4 is 10.6 Å². The van der Waals surface area contributed by atoms with Crippen molar-refractivity contribution in [2.24, 2.45) is 0 Å². The summed E-state index contributed by atoms with van der Waals surface area (Å²) < 4.78 is 0. The minimum Gasteiger partial charge on any atom is -0.385 e. The van der Waals surface area contributed by atoms with Gasteiger partial charge in [-0.3, -0.25) is 14.9 Å². The van der Waals surface area contributed by atoms with Crippen LogP contribution in [0.25, 0.3) is 10.8 Å². The Bertz CT molecular complexity index is 918. The van der Waals surface area contributed by atoms with Crippen molar-refractivity contribution in [1.82, 2.24) is 0 Å². The van der Waals surface area contributed by atoms with Gasteiger partial charge in [-0.15, -0.1) is 0 Å². The minimum atomic E-state index is -0.429. The zero-order valence-corrected chi connectivity index (χ0v) is 14.1. The average molecular weight is 349 g/mol. The molecule has 0 spiro atoms. The Hall–Kier alpha value is -3.41. The molecule has 3 rings (SSSR count). The van der Waals surface area contributed by atoms with Gasteiger partial charge in [0.25, 0.3) is 5.69 Å². The Labute approximate surface area is 151 Å². The molecule has 0 aromatic heterocycles. The number of anilines is 2. The highest BCUT2D eigenvalue weighted by Gasteiger charge is 2.06. The van der Waals surface area contributed by atoms with Gasteiger partial charge >= 0.3 is 0 Å². The van der Waals surface area contributed by atoms with Crippen LogP contribution in [-0.2, 0) is 4.79 Å². The molecule has 6 heteroatoms. The van der Waals surface area contributed by atoms with E-state index in [1.54, 1.807) is 12.1 Å².